The van der Waals surface area contributed by atoms with Gasteiger partial charge in [-0.2, -0.15) is 4.98 Å². The topological polar surface area (TPSA) is 73.1 Å². The first-order valence-corrected chi connectivity index (χ1v) is 6.44. The van der Waals surface area contributed by atoms with E-state index < -0.39 is 14.6 Å². The standard InChI is InChI=1S/C9H14N2O3S/c1-6-10-8(14-11-6)9(2,3)15(12,13)7-4-5-7/h7H,4-5H2,1-3H3. The van der Waals surface area contributed by atoms with Gasteiger partial charge in [-0.1, -0.05) is 5.16 Å². The number of hydrogen-bond donors (Lipinski definition) is 0. The zero-order chi connectivity index (χ0) is 11.3. The van der Waals surface area contributed by atoms with Crippen LogP contribution in [-0.4, -0.2) is 23.8 Å². The summed E-state index contributed by atoms with van der Waals surface area (Å²) in [5.74, 6) is 0.649. The van der Waals surface area contributed by atoms with Crippen molar-refractivity contribution in [1.82, 2.24) is 10.1 Å². The summed E-state index contributed by atoms with van der Waals surface area (Å²) in [6.45, 7) is 4.91. The third-order valence-corrected chi connectivity index (χ3v) is 5.66. The Bertz CT molecular complexity index is 471. The summed E-state index contributed by atoms with van der Waals surface area (Å²) in [5, 5.41) is 3.40. The smallest absolute Gasteiger partial charge is 0.247 e. The Morgan fingerprint density at radius 1 is 1.40 bits per heavy atom. The summed E-state index contributed by atoms with van der Waals surface area (Å²) in [4.78, 5) is 4.00. The largest absolute Gasteiger partial charge is 0.338 e. The molecule has 84 valence electrons. The molecule has 1 aromatic heterocycles. The molecule has 15 heavy (non-hydrogen) atoms. The Hall–Kier alpha value is -0.910. The van der Waals surface area contributed by atoms with Crippen molar-refractivity contribution >= 4 is 9.84 Å². The van der Waals surface area contributed by atoms with E-state index >= 15 is 0 Å². The maximum Gasteiger partial charge on any atom is 0.247 e. The number of nitrogens with zero attached hydrogens (tertiary/aromatic N) is 2. The highest BCUT2D eigenvalue weighted by Crippen LogP contribution is 2.40. The van der Waals surface area contributed by atoms with Crippen molar-refractivity contribution in [3.05, 3.63) is 11.7 Å². The van der Waals surface area contributed by atoms with Gasteiger partial charge in [0.2, 0.25) is 5.89 Å². The maximum atomic E-state index is 12.1. The third-order valence-electron chi connectivity index (χ3n) is 2.72. The summed E-state index contributed by atoms with van der Waals surface area (Å²) in [5.41, 5.74) is 0. The molecular formula is C9H14N2O3S. The van der Waals surface area contributed by atoms with Crippen LogP contribution in [0.5, 0.6) is 0 Å². The van der Waals surface area contributed by atoms with Gasteiger partial charge >= 0.3 is 0 Å². The molecule has 1 aliphatic rings. The Balaban J connectivity index is 2.42. The van der Waals surface area contributed by atoms with Crippen molar-refractivity contribution < 1.29 is 12.9 Å². The molecule has 5 nitrogen and oxygen atoms in total. The summed E-state index contributed by atoms with van der Waals surface area (Å²) < 4.78 is 28.1. The van der Waals surface area contributed by atoms with Crippen LogP contribution in [0.3, 0.4) is 0 Å². The Kier molecular flexibility index (Phi) is 2.15. The van der Waals surface area contributed by atoms with E-state index in [2.05, 4.69) is 10.1 Å². The normalized spacial score (nSPS) is 18.1. The number of sulfone groups is 1. The van der Waals surface area contributed by atoms with Crippen LogP contribution < -0.4 is 0 Å². The zero-order valence-electron chi connectivity index (χ0n) is 9.02. The minimum Gasteiger partial charge on any atom is -0.338 e. The molecule has 0 aliphatic heterocycles. The molecule has 2 rings (SSSR count). The molecular weight excluding hydrogens is 216 g/mol. The number of aryl methyl sites for hydroxylation is 1. The number of rotatable bonds is 3. The lowest BCUT2D eigenvalue weighted by Crippen LogP contribution is -2.32. The Labute approximate surface area is 88.8 Å². The maximum absolute atomic E-state index is 12.1. The van der Waals surface area contributed by atoms with Crippen LogP contribution in [-0.2, 0) is 14.6 Å². The van der Waals surface area contributed by atoms with Gasteiger partial charge in [-0.05, 0) is 33.6 Å². The summed E-state index contributed by atoms with van der Waals surface area (Å²) in [6, 6.07) is 0. The molecule has 0 spiro atoms. The van der Waals surface area contributed by atoms with Crippen molar-refractivity contribution in [2.75, 3.05) is 0 Å². The average Bonchev–Trinajstić information content (AvgIpc) is 2.89. The van der Waals surface area contributed by atoms with E-state index in [0.717, 1.165) is 12.8 Å². The SMILES string of the molecule is Cc1noc(C(C)(C)S(=O)(=O)C2CC2)n1. The average molecular weight is 230 g/mol. The van der Waals surface area contributed by atoms with Crippen LogP contribution >= 0.6 is 0 Å². The molecule has 6 heteroatoms. The fourth-order valence-electron chi connectivity index (χ4n) is 1.46. The second kappa shape index (κ2) is 3.04. The van der Waals surface area contributed by atoms with Crippen LogP contribution in [0.15, 0.2) is 4.52 Å². The fraction of sp³-hybridized carbons (Fsp3) is 0.778. The minimum absolute atomic E-state index is 0.187. The monoisotopic (exact) mass is 230 g/mol. The fourth-order valence-corrected chi connectivity index (χ4v) is 3.37. The molecule has 0 bridgehead atoms. The Morgan fingerprint density at radius 2 is 2.00 bits per heavy atom. The predicted octanol–water partition coefficient (Wildman–Crippen LogP) is 1.19. The van der Waals surface area contributed by atoms with E-state index in [4.69, 9.17) is 4.52 Å². The number of hydrogen-bond acceptors (Lipinski definition) is 5. The van der Waals surface area contributed by atoms with Gasteiger partial charge in [0.25, 0.3) is 0 Å². The van der Waals surface area contributed by atoms with E-state index in [1.165, 1.54) is 0 Å². The van der Waals surface area contributed by atoms with Gasteiger partial charge in [-0.25, -0.2) is 8.42 Å². The zero-order valence-corrected chi connectivity index (χ0v) is 9.84. The second-order valence-electron chi connectivity index (χ2n) is 4.40. The van der Waals surface area contributed by atoms with Crippen LogP contribution in [0.1, 0.15) is 38.4 Å². The molecule has 0 amide bonds. The molecule has 1 aromatic rings. The molecule has 0 radical (unpaired) electrons. The first kappa shape index (κ1) is 10.6. The van der Waals surface area contributed by atoms with E-state index in [0.29, 0.717) is 5.82 Å². The van der Waals surface area contributed by atoms with Crippen molar-refractivity contribution in [3.63, 3.8) is 0 Å². The van der Waals surface area contributed by atoms with Gasteiger partial charge in [0, 0.05) is 0 Å². The molecule has 1 aliphatic carbocycles. The van der Waals surface area contributed by atoms with Gasteiger partial charge in [-0.15, -0.1) is 0 Å². The van der Waals surface area contributed by atoms with Crippen molar-refractivity contribution in [2.24, 2.45) is 0 Å². The lowest BCUT2D eigenvalue weighted by molar-refractivity contribution is 0.344. The van der Waals surface area contributed by atoms with Gasteiger partial charge in [0.15, 0.2) is 15.7 Å². The first-order chi connectivity index (χ1) is 6.85. The lowest BCUT2D eigenvalue weighted by Gasteiger charge is -2.19. The van der Waals surface area contributed by atoms with E-state index in [1.807, 2.05) is 0 Å². The molecule has 0 saturated heterocycles. The summed E-state index contributed by atoms with van der Waals surface area (Å²) in [6.07, 6.45) is 1.50. The highest BCUT2D eigenvalue weighted by molar-refractivity contribution is 7.93. The lowest BCUT2D eigenvalue weighted by atomic mass is 10.2. The van der Waals surface area contributed by atoms with E-state index in [1.54, 1.807) is 20.8 Å². The third kappa shape index (κ3) is 1.56. The van der Waals surface area contributed by atoms with Crippen molar-refractivity contribution in [1.29, 1.82) is 0 Å². The predicted molar refractivity (Wildman–Crippen MR) is 54.0 cm³/mol. The van der Waals surface area contributed by atoms with Gasteiger partial charge < -0.3 is 4.52 Å². The van der Waals surface area contributed by atoms with Crippen LogP contribution in [0.4, 0.5) is 0 Å². The highest BCUT2D eigenvalue weighted by Gasteiger charge is 2.50. The molecule has 0 atom stereocenters. The van der Waals surface area contributed by atoms with Crippen molar-refractivity contribution in [3.8, 4) is 0 Å². The molecule has 0 unspecified atom stereocenters. The van der Waals surface area contributed by atoms with E-state index in [-0.39, 0.29) is 11.1 Å². The molecule has 1 heterocycles. The molecule has 1 fully saturated rings. The molecule has 1 saturated carbocycles. The Morgan fingerprint density at radius 3 is 2.40 bits per heavy atom. The van der Waals surface area contributed by atoms with E-state index in [9.17, 15) is 8.42 Å². The number of aromatic nitrogens is 2. The second-order valence-corrected chi connectivity index (χ2v) is 7.18. The molecule has 0 N–H and O–H groups in total. The summed E-state index contributed by atoms with van der Waals surface area (Å²) in [7, 11) is -3.20. The quantitative estimate of drug-likeness (QED) is 0.779. The molecule has 0 aromatic carbocycles. The van der Waals surface area contributed by atoms with Gasteiger partial charge in [-0.3, -0.25) is 0 Å². The van der Waals surface area contributed by atoms with Gasteiger partial charge in [0.05, 0.1) is 5.25 Å². The van der Waals surface area contributed by atoms with Crippen LogP contribution in [0.2, 0.25) is 0 Å². The van der Waals surface area contributed by atoms with Crippen molar-refractivity contribution in [2.45, 2.75) is 43.6 Å². The van der Waals surface area contributed by atoms with Crippen LogP contribution in [0, 0.1) is 6.92 Å². The van der Waals surface area contributed by atoms with Crippen LogP contribution in [0.25, 0.3) is 0 Å². The highest BCUT2D eigenvalue weighted by atomic mass is 32.2. The first-order valence-electron chi connectivity index (χ1n) is 4.90. The minimum atomic E-state index is -3.20. The van der Waals surface area contributed by atoms with Gasteiger partial charge in [0.1, 0.15) is 4.75 Å². The summed E-state index contributed by atoms with van der Waals surface area (Å²) >= 11 is 0.